The van der Waals surface area contributed by atoms with Crippen molar-refractivity contribution in [2.24, 2.45) is 5.92 Å². The molecule has 0 aliphatic carbocycles. The lowest BCUT2D eigenvalue weighted by atomic mass is 9.94. The maximum Gasteiger partial charge on any atom is 0.247 e. The van der Waals surface area contributed by atoms with E-state index in [1.807, 2.05) is 0 Å². The number of ether oxygens (including phenoxy) is 1. The number of aromatic nitrogens is 2. The molecule has 5 nitrogen and oxygen atoms in total. The van der Waals surface area contributed by atoms with Gasteiger partial charge in [0.05, 0.1) is 5.54 Å². The van der Waals surface area contributed by atoms with Crippen LogP contribution in [-0.4, -0.2) is 23.8 Å². The average molecular weight is 253 g/mol. The number of nitrogens with zero attached hydrogens (tertiary/aromatic N) is 2. The summed E-state index contributed by atoms with van der Waals surface area (Å²) in [7, 11) is 1.68. The highest BCUT2D eigenvalue weighted by molar-refractivity contribution is 5.07. The zero-order valence-corrected chi connectivity index (χ0v) is 11.7. The van der Waals surface area contributed by atoms with E-state index in [0.29, 0.717) is 17.6 Å². The Morgan fingerprint density at radius 3 is 2.78 bits per heavy atom. The molecule has 0 spiro atoms. The Hall–Kier alpha value is -0.940. The third-order valence-corrected chi connectivity index (χ3v) is 3.81. The molecule has 0 saturated carbocycles. The first-order valence-electron chi connectivity index (χ1n) is 6.75. The van der Waals surface area contributed by atoms with Crippen molar-refractivity contribution in [2.45, 2.75) is 51.7 Å². The van der Waals surface area contributed by atoms with Crippen LogP contribution in [-0.2, 0) is 10.3 Å². The van der Waals surface area contributed by atoms with E-state index in [-0.39, 0.29) is 11.6 Å². The fraction of sp³-hybridized carbons (Fsp3) is 0.846. The van der Waals surface area contributed by atoms with Crippen LogP contribution in [0.25, 0.3) is 0 Å². The van der Waals surface area contributed by atoms with Gasteiger partial charge in [-0.15, -0.1) is 0 Å². The SMILES string of the molecule is CCC1(c2nc(C(OC)C(C)C)no2)CCCN1. The summed E-state index contributed by atoms with van der Waals surface area (Å²) in [6.45, 7) is 7.35. The van der Waals surface area contributed by atoms with Gasteiger partial charge < -0.3 is 14.6 Å². The Kier molecular flexibility index (Phi) is 4.02. The van der Waals surface area contributed by atoms with Crippen LogP contribution in [0.3, 0.4) is 0 Å². The largest absolute Gasteiger partial charge is 0.373 e. The van der Waals surface area contributed by atoms with Crippen LogP contribution < -0.4 is 5.32 Å². The standard InChI is InChI=1S/C13H23N3O2/c1-5-13(7-6-8-14-13)12-15-11(16-18-12)10(17-4)9(2)3/h9-10,14H,5-8H2,1-4H3. The average Bonchev–Trinajstić information content (AvgIpc) is 2.98. The highest BCUT2D eigenvalue weighted by Crippen LogP contribution is 2.34. The monoisotopic (exact) mass is 253 g/mol. The summed E-state index contributed by atoms with van der Waals surface area (Å²) in [5.74, 6) is 1.69. The van der Waals surface area contributed by atoms with Crippen LogP contribution in [0.5, 0.6) is 0 Å². The molecule has 5 heteroatoms. The second-order valence-electron chi connectivity index (χ2n) is 5.32. The molecule has 0 radical (unpaired) electrons. The predicted molar refractivity (Wildman–Crippen MR) is 68.1 cm³/mol. The van der Waals surface area contributed by atoms with Gasteiger partial charge in [0.15, 0.2) is 0 Å². The number of methoxy groups -OCH3 is 1. The molecule has 1 fully saturated rings. The van der Waals surface area contributed by atoms with E-state index in [1.54, 1.807) is 7.11 Å². The van der Waals surface area contributed by atoms with Crippen molar-refractivity contribution in [3.05, 3.63) is 11.7 Å². The summed E-state index contributed by atoms with van der Waals surface area (Å²) >= 11 is 0. The lowest BCUT2D eigenvalue weighted by molar-refractivity contribution is 0.0555. The van der Waals surface area contributed by atoms with Gasteiger partial charge in [0.1, 0.15) is 6.10 Å². The number of hydrogen-bond acceptors (Lipinski definition) is 5. The van der Waals surface area contributed by atoms with Crippen LogP contribution >= 0.6 is 0 Å². The highest BCUT2D eigenvalue weighted by atomic mass is 16.5. The highest BCUT2D eigenvalue weighted by Gasteiger charge is 2.39. The third-order valence-electron chi connectivity index (χ3n) is 3.81. The summed E-state index contributed by atoms with van der Waals surface area (Å²) in [6.07, 6.45) is 3.08. The molecule has 1 aromatic rings. The number of rotatable bonds is 5. The molecule has 1 N–H and O–H groups in total. The molecule has 2 rings (SSSR count). The van der Waals surface area contributed by atoms with E-state index in [1.165, 1.54) is 0 Å². The minimum Gasteiger partial charge on any atom is -0.373 e. The Balaban J connectivity index is 2.24. The van der Waals surface area contributed by atoms with Gasteiger partial charge in [-0.25, -0.2) is 0 Å². The number of hydrogen-bond donors (Lipinski definition) is 1. The zero-order valence-electron chi connectivity index (χ0n) is 11.7. The van der Waals surface area contributed by atoms with Crippen LogP contribution in [0.4, 0.5) is 0 Å². The molecule has 1 aliphatic heterocycles. The van der Waals surface area contributed by atoms with Crippen molar-refractivity contribution >= 4 is 0 Å². The van der Waals surface area contributed by atoms with Gasteiger partial charge in [0, 0.05) is 7.11 Å². The van der Waals surface area contributed by atoms with Crippen LogP contribution in [0, 0.1) is 5.92 Å². The summed E-state index contributed by atoms with van der Waals surface area (Å²) in [5, 5.41) is 7.59. The fourth-order valence-electron chi connectivity index (χ4n) is 2.66. The van der Waals surface area contributed by atoms with E-state index in [0.717, 1.165) is 25.8 Å². The Morgan fingerprint density at radius 2 is 2.28 bits per heavy atom. The van der Waals surface area contributed by atoms with Crippen molar-refractivity contribution in [3.8, 4) is 0 Å². The van der Waals surface area contributed by atoms with Crippen LogP contribution in [0.2, 0.25) is 0 Å². The molecule has 0 amide bonds. The molecule has 1 saturated heterocycles. The minimum absolute atomic E-state index is 0.0993. The molecule has 0 aromatic carbocycles. The Labute approximate surface area is 108 Å². The molecule has 2 unspecified atom stereocenters. The van der Waals surface area contributed by atoms with Gasteiger partial charge in [-0.1, -0.05) is 25.9 Å². The normalized spacial score (nSPS) is 25.8. The van der Waals surface area contributed by atoms with Crippen LogP contribution in [0.1, 0.15) is 57.9 Å². The Bertz CT molecular complexity index is 383. The Morgan fingerprint density at radius 1 is 1.50 bits per heavy atom. The van der Waals surface area contributed by atoms with Gasteiger partial charge in [-0.2, -0.15) is 4.98 Å². The fourth-order valence-corrected chi connectivity index (χ4v) is 2.66. The topological polar surface area (TPSA) is 60.2 Å². The molecular weight excluding hydrogens is 230 g/mol. The zero-order chi connectivity index (χ0) is 13.2. The maximum atomic E-state index is 5.47. The van der Waals surface area contributed by atoms with Crippen molar-refractivity contribution in [3.63, 3.8) is 0 Å². The molecule has 2 heterocycles. The summed E-state index contributed by atoms with van der Waals surface area (Å²) in [4.78, 5) is 4.56. The van der Waals surface area contributed by atoms with Crippen LogP contribution in [0.15, 0.2) is 4.52 Å². The van der Waals surface area contributed by atoms with Gasteiger partial charge in [0.25, 0.3) is 0 Å². The van der Waals surface area contributed by atoms with Gasteiger partial charge >= 0.3 is 0 Å². The summed E-state index contributed by atoms with van der Waals surface area (Å²) in [5.41, 5.74) is -0.124. The molecule has 2 atom stereocenters. The maximum absolute atomic E-state index is 5.47. The van der Waals surface area contributed by atoms with Crippen molar-refractivity contribution in [1.82, 2.24) is 15.5 Å². The second-order valence-corrected chi connectivity index (χ2v) is 5.32. The molecule has 1 aliphatic rings. The predicted octanol–water partition coefficient (Wildman–Crippen LogP) is 2.40. The van der Waals surface area contributed by atoms with E-state index < -0.39 is 0 Å². The first kappa shape index (κ1) is 13.5. The van der Waals surface area contributed by atoms with Crippen molar-refractivity contribution in [2.75, 3.05) is 13.7 Å². The molecule has 102 valence electrons. The van der Waals surface area contributed by atoms with E-state index >= 15 is 0 Å². The summed E-state index contributed by atoms with van der Waals surface area (Å²) < 4.78 is 10.9. The third kappa shape index (κ3) is 2.29. The second kappa shape index (κ2) is 5.36. The van der Waals surface area contributed by atoms with Gasteiger partial charge in [-0.3, -0.25) is 0 Å². The molecule has 18 heavy (non-hydrogen) atoms. The number of nitrogens with one attached hydrogen (secondary N) is 1. The van der Waals surface area contributed by atoms with E-state index in [4.69, 9.17) is 9.26 Å². The molecule has 0 bridgehead atoms. The van der Waals surface area contributed by atoms with Crippen molar-refractivity contribution < 1.29 is 9.26 Å². The quantitative estimate of drug-likeness (QED) is 0.873. The molecule has 1 aromatic heterocycles. The van der Waals surface area contributed by atoms with E-state index in [9.17, 15) is 0 Å². The van der Waals surface area contributed by atoms with Gasteiger partial charge in [0.2, 0.25) is 11.7 Å². The molecular formula is C13H23N3O2. The first-order chi connectivity index (χ1) is 8.63. The van der Waals surface area contributed by atoms with Crippen molar-refractivity contribution in [1.29, 1.82) is 0 Å². The van der Waals surface area contributed by atoms with Gasteiger partial charge in [-0.05, 0) is 31.7 Å². The lowest BCUT2D eigenvalue weighted by Gasteiger charge is -2.23. The smallest absolute Gasteiger partial charge is 0.247 e. The lowest BCUT2D eigenvalue weighted by Crippen LogP contribution is -2.36. The minimum atomic E-state index is -0.124. The first-order valence-corrected chi connectivity index (χ1v) is 6.75. The summed E-state index contributed by atoms with van der Waals surface area (Å²) in [6, 6.07) is 0. The van der Waals surface area contributed by atoms with E-state index in [2.05, 4.69) is 36.2 Å².